The van der Waals surface area contributed by atoms with Gasteiger partial charge in [-0.1, -0.05) is 11.3 Å². The van der Waals surface area contributed by atoms with E-state index >= 15 is 0 Å². The third-order valence-electron chi connectivity index (χ3n) is 4.45. The van der Waals surface area contributed by atoms with Crippen molar-refractivity contribution in [2.45, 2.75) is 31.7 Å². The molecule has 3 heterocycles. The van der Waals surface area contributed by atoms with Crippen molar-refractivity contribution in [2.75, 3.05) is 13.1 Å². The van der Waals surface area contributed by atoms with E-state index in [9.17, 15) is 27.5 Å². The number of likely N-dealkylation sites (tertiary alicyclic amines) is 1. The number of amides is 2. The maximum absolute atomic E-state index is 13.5. The van der Waals surface area contributed by atoms with Crippen LogP contribution in [-0.2, 0) is 6.61 Å². The summed E-state index contributed by atoms with van der Waals surface area (Å²) in [5.74, 6) is -1.13. The Morgan fingerprint density at radius 1 is 1.14 bits per heavy atom. The molecule has 2 aliphatic heterocycles. The Labute approximate surface area is 165 Å². The van der Waals surface area contributed by atoms with Crippen LogP contribution in [0.2, 0.25) is 0 Å². The first-order chi connectivity index (χ1) is 13.7. The van der Waals surface area contributed by atoms with Gasteiger partial charge in [-0.05, 0) is 25.0 Å². The van der Waals surface area contributed by atoms with Gasteiger partial charge in [-0.15, -0.1) is 0 Å². The van der Waals surface area contributed by atoms with Gasteiger partial charge in [-0.25, -0.2) is 4.79 Å². The molecule has 0 radical (unpaired) electrons. The van der Waals surface area contributed by atoms with E-state index in [2.05, 4.69) is 14.5 Å². The predicted octanol–water partition coefficient (Wildman–Crippen LogP) is 3.10. The number of benzene rings is 1. The summed E-state index contributed by atoms with van der Waals surface area (Å²) < 4.78 is 63.2. The van der Waals surface area contributed by atoms with Gasteiger partial charge in [0.25, 0.3) is 0 Å². The van der Waals surface area contributed by atoms with Gasteiger partial charge in [0, 0.05) is 25.4 Å². The van der Waals surface area contributed by atoms with Crippen molar-refractivity contribution in [3.8, 4) is 17.2 Å². The number of carbonyl (C=O) groups is 1. The first kappa shape index (κ1) is 19.7. The molecule has 156 valence electrons. The maximum Gasteiger partial charge on any atom is 0.507 e. The van der Waals surface area contributed by atoms with Crippen LogP contribution in [0.25, 0.3) is 5.69 Å². The van der Waals surface area contributed by atoms with E-state index in [-0.39, 0.29) is 17.1 Å². The van der Waals surface area contributed by atoms with Crippen molar-refractivity contribution in [1.29, 1.82) is 0 Å². The average Bonchev–Trinajstić information content (AvgIpc) is 3.31. The van der Waals surface area contributed by atoms with Crippen LogP contribution in [0, 0.1) is 0 Å². The fourth-order valence-electron chi connectivity index (χ4n) is 2.99. The molecule has 0 saturated carbocycles. The SMILES string of the molecule is O=C(N=c1sc(CO)cn1-c1ccc2c(c1)OC(F)(F)C(F)(F)O2)N1CCCC1. The number of aliphatic hydroxyl groups is 1. The number of nitrogens with zero attached hydrogens (tertiary/aromatic N) is 3. The smallest absolute Gasteiger partial charge is 0.421 e. The minimum Gasteiger partial charge on any atom is -0.421 e. The molecule has 1 aromatic carbocycles. The normalized spacial score (nSPS) is 20.2. The lowest BCUT2D eigenvalue weighted by molar-refractivity contribution is -0.391. The standard InChI is InChI=1S/C17H15F4N3O4S/c18-16(19)17(20,21)28-13-7-10(3-4-12(13)27-16)24-8-11(9-25)29-15(24)22-14(26)23-5-1-2-6-23/h3-4,7-8,25H,1-2,5-6,9H2. The highest BCUT2D eigenvalue weighted by Gasteiger charge is 2.65. The highest BCUT2D eigenvalue weighted by atomic mass is 32.1. The molecule has 2 aliphatic rings. The Balaban J connectivity index is 1.74. The average molecular weight is 433 g/mol. The number of alkyl halides is 4. The molecule has 0 bridgehead atoms. The van der Waals surface area contributed by atoms with Gasteiger partial charge in [0.1, 0.15) is 0 Å². The molecule has 1 N–H and O–H groups in total. The highest BCUT2D eigenvalue weighted by molar-refractivity contribution is 7.09. The zero-order valence-electron chi connectivity index (χ0n) is 14.8. The summed E-state index contributed by atoms with van der Waals surface area (Å²) in [6.45, 7) is 0.856. The van der Waals surface area contributed by atoms with E-state index in [1.165, 1.54) is 16.8 Å². The van der Waals surface area contributed by atoms with Gasteiger partial charge in [-0.2, -0.15) is 22.6 Å². The number of ether oxygens (including phenoxy) is 2. The number of carbonyl (C=O) groups excluding carboxylic acids is 1. The number of thiazole rings is 1. The summed E-state index contributed by atoms with van der Waals surface area (Å²) >= 11 is 1.04. The molecule has 12 heteroatoms. The molecule has 0 unspecified atom stereocenters. The Morgan fingerprint density at radius 2 is 1.79 bits per heavy atom. The molecule has 7 nitrogen and oxygen atoms in total. The summed E-state index contributed by atoms with van der Waals surface area (Å²) in [6.07, 6.45) is -6.40. The molecular formula is C17H15F4N3O4S. The van der Waals surface area contributed by atoms with E-state index in [0.717, 1.165) is 36.3 Å². The van der Waals surface area contributed by atoms with Crippen LogP contribution in [0.15, 0.2) is 29.4 Å². The first-order valence-electron chi connectivity index (χ1n) is 8.64. The zero-order valence-corrected chi connectivity index (χ0v) is 15.6. The molecule has 4 rings (SSSR count). The number of aliphatic hydroxyl groups excluding tert-OH is 1. The number of fused-ring (bicyclic) bond motifs is 1. The van der Waals surface area contributed by atoms with Crippen LogP contribution >= 0.6 is 11.3 Å². The van der Waals surface area contributed by atoms with Gasteiger partial charge < -0.3 is 19.5 Å². The maximum atomic E-state index is 13.5. The van der Waals surface area contributed by atoms with Gasteiger partial charge >= 0.3 is 18.2 Å². The van der Waals surface area contributed by atoms with Crippen LogP contribution < -0.4 is 14.3 Å². The quantitative estimate of drug-likeness (QED) is 0.739. The third kappa shape index (κ3) is 3.57. The zero-order chi connectivity index (χ0) is 20.8. The van der Waals surface area contributed by atoms with Gasteiger partial charge in [0.15, 0.2) is 16.3 Å². The summed E-state index contributed by atoms with van der Waals surface area (Å²) in [5.41, 5.74) is 0.220. The van der Waals surface area contributed by atoms with Crippen molar-refractivity contribution < 1.29 is 36.9 Å². The van der Waals surface area contributed by atoms with Crippen LogP contribution in [-0.4, -0.2) is 45.9 Å². The van der Waals surface area contributed by atoms with Crippen molar-refractivity contribution in [1.82, 2.24) is 9.47 Å². The number of aromatic nitrogens is 1. The van der Waals surface area contributed by atoms with Crippen LogP contribution in [0.3, 0.4) is 0 Å². The molecule has 2 amide bonds. The van der Waals surface area contributed by atoms with Crippen molar-refractivity contribution in [3.05, 3.63) is 34.1 Å². The second-order valence-corrected chi connectivity index (χ2v) is 7.56. The summed E-state index contributed by atoms with van der Waals surface area (Å²) in [7, 11) is 0. The summed E-state index contributed by atoms with van der Waals surface area (Å²) in [5, 5.41) is 9.42. The number of urea groups is 1. The van der Waals surface area contributed by atoms with Gasteiger partial charge in [0.05, 0.1) is 17.2 Å². The molecule has 29 heavy (non-hydrogen) atoms. The molecule has 1 saturated heterocycles. The lowest BCUT2D eigenvalue weighted by atomic mass is 10.2. The second-order valence-electron chi connectivity index (χ2n) is 6.47. The number of halogens is 4. The van der Waals surface area contributed by atoms with E-state index in [1.807, 2.05) is 0 Å². The van der Waals surface area contributed by atoms with E-state index in [0.29, 0.717) is 18.0 Å². The summed E-state index contributed by atoms with van der Waals surface area (Å²) in [6, 6.07) is 3.01. The number of hydrogen-bond acceptors (Lipinski definition) is 5. The van der Waals surface area contributed by atoms with E-state index < -0.39 is 29.7 Å². The second kappa shape index (κ2) is 7.02. The Kier molecular flexibility index (Phi) is 4.77. The summed E-state index contributed by atoms with van der Waals surface area (Å²) in [4.78, 5) is 18.7. The molecule has 0 spiro atoms. The van der Waals surface area contributed by atoms with Crippen molar-refractivity contribution in [3.63, 3.8) is 0 Å². The predicted molar refractivity (Wildman–Crippen MR) is 92.5 cm³/mol. The Hall–Kier alpha value is -2.60. The van der Waals surface area contributed by atoms with E-state index in [4.69, 9.17) is 0 Å². The van der Waals surface area contributed by atoms with Crippen LogP contribution in [0.4, 0.5) is 22.4 Å². The van der Waals surface area contributed by atoms with E-state index in [1.54, 1.807) is 4.90 Å². The largest absolute Gasteiger partial charge is 0.507 e. The molecule has 0 atom stereocenters. The van der Waals surface area contributed by atoms with Crippen LogP contribution in [0.5, 0.6) is 11.5 Å². The molecule has 1 fully saturated rings. The molecule has 0 aliphatic carbocycles. The van der Waals surface area contributed by atoms with Crippen molar-refractivity contribution in [2.24, 2.45) is 4.99 Å². The minimum absolute atomic E-state index is 0.194. The van der Waals surface area contributed by atoms with Crippen molar-refractivity contribution >= 4 is 17.4 Å². The lowest BCUT2D eigenvalue weighted by Gasteiger charge is -2.31. The highest BCUT2D eigenvalue weighted by Crippen LogP contribution is 2.47. The fourth-order valence-corrected chi connectivity index (χ4v) is 3.83. The third-order valence-corrected chi connectivity index (χ3v) is 5.41. The first-order valence-corrected chi connectivity index (χ1v) is 9.46. The topological polar surface area (TPSA) is 76.3 Å². The lowest BCUT2D eigenvalue weighted by Crippen LogP contribution is -2.52. The number of rotatable bonds is 2. The monoisotopic (exact) mass is 433 g/mol. The molecular weight excluding hydrogens is 418 g/mol. The molecule has 1 aromatic heterocycles. The minimum atomic E-state index is -4.84. The van der Waals surface area contributed by atoms with Crippen LogP contribution in [0.1, 0.15) is 17.7 Å². The van der Waals surface area contributed by atoms with Gasteiger partial charge in [-0.3, -0.25) is 4.57 Å². The fraction of sp³-hybridized carbons (Fsp3) is 0.412. The van der Waals surface area contributed by atoms with Gasteiger partial charge in [0.2, 0.25) is 0 Å². The molecule has 2 aromatic rings. The Bertz CT molecular complexity index is 1010. The number of hydrogen-bond donors (Lipinski definition) is 1. The Morgan fingerprint density at radius 3 is 2.45 bits per heavy atom.